The van der Waals surface area contributed by atoms with Crippen molar-refractivity contribution in [3.05, 3.63) is 35.2 Å². The fourth-order valence-corrected chi connectivity index (χ4v) is 1.97. The van der Waals surface area contributed by atoms with Crippen molar-refractivity contribution >= 4 is 0 Å². The fraction of sp³-hybridized carbons (Fsp3) is 0.467. The lowest BCUT2D eigenvalue weighted by Gasteiger charge is -2.20. The van der Waals surface area contributed by atoms with Crippen molar-refractivity contribution in [2.45, 2.75) is 39.5 Å². The Morgan fingerprint density at radius 1 is 1.26 bits per heavy atom. The number of aromatic nitrogens is 2. The lowest BCUT2D eigenvalue weighted by molar-refractivity contribution is 0.380. The molecule has 0 spiro atoms. The Morgan fingerprint density at radius 3 is 2.58 bits per heavy atom. The first-order valence-electron chi connectivity index (χ1n) is 6.56. The first-order valence-corrected chi connectivity index (χ1v) is 6.56. The third-order valence-electron chi connectivity index (χ3n) is 3.16. The van der Waals surface area contributed by atoms with Crippen LogP contribution in [0.1, 0.15) is 37.8 Å². The molecular weight excluding hydrogens is 238 g/mol. The van der Waals surface area contributed by atoms with Gasteiger partial charge in [0.1, 0.15) is 0 Å². The van der Waals surface area contributed by atoms with Gasteiger partial charge in [0, 0.05) is 18.5 Å². The van der Waals surface area contributed by atoms with Crippen LogP contribution in [0.25, 0.3) is 11.4 Å². The summed E-state index contributed by atoms with van der Waals surface area (Å²) in [6.45, 7) is 9.20. The smallest absolute Gasteiger partial charge is 0.228 e. The van der Waals surface area contributed by atoms with Crippen LogP contribution in [0.5, 0.6) is 0 Å². The minimum Gasteiger partial charge on any atom is -0.339 e. The number of aryl methyl sites for hydroxylation is 1. The lowest BCUT2D eigenvalue weighted by atomic mass is 9.85. The van der Waals surface area contributed by atoms with Gasteiger partial charge in [0.2, 0.25) is 11.7 Å². The maximum atomic E-state index is 5.48. The van der Waals surface area contributed by atoms with Crippen molar-refractivity contribution < 1.29 is 4.52 Å². The van der Waals surface area contributed by atoms with E-state index in [0.29, 0.717) is 24.7 Å². The average molecular weight is 259 g/mol. The summed E-state index contributed by atoms with van der Waals surface area (Å²) in [7, 11) is 0. The molecule has 0 aliphatic carbocycles. The standard InChI is InChI=1S/C15H21N3O/c1-10-9-11(15(2,3)4)5-6-12(10)14-17-13(7-8-16)19-18-14/h5-6,9H,7-8,16H2,1-4H3. The number of hydrogen-bond donors (Lipinski definition) is 1. The molecule has 4 nitrogen and oxygen atoms in total. The van der Waals surface area contributed by atoms with Crippen LogP contribution in [-0.2, 0) is 11.8 Å². The maximum Gasteiger partial charge on any atom is 0.228 e. The van der Waals surface area contributed by atoms with Crippen molar-refractivity contribution in [2.24, 2.45) is 5.73 Å². The molecule has 4 heteroatoms. The summed E-state index contributed by atoms with van der Waals surface area (Å²) >= 11 is 0. The van der Waals surface area contributed by atoms with Gasteiger partial charge in [-0.2, -0.15) is 4.98 Å². The largest absolute Gasteiger partial charge is 0.339 e. The van der Waals surface area contributed by atoms with E-state index in [-0.39, 0.29) is 5.41 Å². The van der Waals surface area contributed by atoms with E-state index < -0.39 is 0 Å². The van der Waals surface area contributed by atoms with E-state index in [1.807, 2.05) is 0 Å². The molecule has 0 amide bonds. The molecule has 0 aliphatic rings. The van der Waals surface area contributed by atoms with E-state index in [4.69, 9.17) is 10.3 Å². The number of hydrogen-bond acceptors (Lipinski definition) is 4. The summed E-state index contributed by atoms with van der Waals surface area (Å²) in [5, 5.41) is 4.02. The number of benzene rings is 1. The summed E-state index contributed by atoms with van der Waals surface area (Å²) in [5.74, 6) is 1.23. The van der Waals surface area contributed by atoms with Gasteiger partial charge in [-0.3, -0.25) is 0 Å². The second kappa shape index (κ2) is 5.13. The summed E-state index contributed by atoms with van der Waals surface area (Å²) < 4.78 is 5.17. The molecule has 0 fully saturated rings. The lowest BCUT2D eigenvalue weighted by Crippen LogP contribution is -2.11. The number of nitrogens with two attached hydrogens (primary N) is 1. The Kier molecular flexibility index (Phi) is 3.71. The Hall–Kier alpha value is -1.68. The third kappa shape index (κ3) is 3.01. The summed E-state index contributed by atoms with van der Waals surface area (Å²) in [6, 6.07) is 6.38. The molecule has 1 aromatic carbocycles. The van der Waals surface area contributed by atoms with Crippen LogP contribution in [0.4, 0.5) is 0 Å². The summed E-state index contributed by atoms with van der Waals surface area (Å²) in [6.07, 6.45) is 0.617. The van der Waals surface area contributed by atoms with E-state index in [9.17, 15) is 0 Å². The highest BCUT2D eigenvalue weighted by Crippen LogP contribution is 2.28. The molecular formula is C15H21N3O. The zero-order valence-electron chi connectivity index (χ0n) is 12.0. The zero-order chi connectivity index (χ0) is 14.0. The maximum absolute atomic E-state index is 5.48. The minimum atomic E-state index is 0.144. The molecule has 1 aromatic heterocycles. The molecule has 1 heterocycles. The summed E-state index contributed by atoms with van der Waals surface area (Å²) in [5.41, 5.74) is 9.10. The highest BCUT2D eigenvalue weighted by molar-refractivity contribution is 5.60. The van der Waals surface area contributed by atoms with Gasteiger partial charge >= 0.3 is 0 Å². The molecule has 19 heavy (non-hydrogen) atoms. The van der Waals surface area contributed by atoms with Gasteiger partial charge in [0.05, 0.1) is 0 Å². The molecule has 0 aliphatic heterocycles. The first kappa shape index (κ1) is 13.7. The van der Waals surface area contributed by atoms with Crippen LogP contribution in [0.15, 0.2) is 22.7 Å². The quantitative estimate of drug-likeness (QED) is 0.920. The van der Waals surface area contributed by atoms with Crippen molar-refractivity contribution in [3.63, 3.8) is 0 Å². The summed E-state index contributed by atoms with van der Waals surface area (Å²) in [4.78, 5) is 4.37. The Bertz CT molecular complexity index is 567. The van der Waals surface area contributed by atoms with E-state index >= 15 is 0 Å². The second-order valence-corrected chi connectivity index (χ2v) is 5.83. The molecule has 0 saturated carbocycles. The van der Waals surface area contributed by atoms with Crippen LogP contribution in [0.3, 0.4) is 0 Å². The van der Waals surface area contributed by atoms with Crippen molar-refractivity contribution in [3.8, 4) is 11.4 Å². The Labute approximate surface area is 114 Å². The second-order valence-electron chi connectivity index (χ2n) is 5.83. The van der Waals surface area contributed by atoms with Crippen LogP contribution >= 0.6 is 0 Å². The normalized spacial score (nSPS) is 11.8. The van der Waals surface area contributed by atoms with Crippen molar-refractivity contribution in [1.82, 2.24) is 10.1 Å². The van der Waals surface area contributed by atoms with Gasteiger partial charge in [-0.25, -0.2) is 0 Å². The van der Waals surface area contributed by atoms with Gasteiger partial charge in [-0.15, -0.1) is 0 Å². The molecule has 0 unspecified atom stereocenters. The van der Waals surface area contributed by atoms with E-state index in [1.165, 1.54) is 5.56 Å². The van der Waals surface area contributed by atoms with Crippen LogP contribution in [0, 0.1) is 6.92 Å². The molecule has 0 radical (unpaired) electrons. The molecule has 0 saturated heterocycles. The van der Waals surface area contributed by atoms with Gasteiger partial charge in [-0.1, -0.05) is 44.1 Å². The predicted molar refractivity (Wildman–Crippen MR) is 75.9 cm³/mol. The van der Waals surface area contributed by atoms with Gasteiger partial charge in [0.25, 0.3) is 0 Å². The molecule has 0 atom stereocenters. The monoisotopic (exact) mass is 259 g/mol. The van der Waals surface area contributed by atoms with Gasteiger partial charge < -0.3 is 10.3 Å². The molecule has 2 rings (SSSR count). The van der Waals surface area contributed by atoms with E-state index in [1.54, 1.807) is 0 Å². The zero-order valence-corrected chi connectivity index (χ0v) is 12.0. The first-order chi connectivity index (χ1) is 8.91. The van der Waals surface area contributed by atoms with Crippen LogP contribution < -0.4 is 5.73 Å². The average Bonchev–Trinajstić information content (AvgIpc) is 2.76. The van der Waals surface area contributed by atoms with E-state index in [2.05, 4.69) is 56.0 Å². The minimum absolute atomic E-state index is 0.144. The highest BCUT2D eigenvalue weighted by atomic mass is 16.5. The number of nitrogens with zero attached hydrogens (tertiary/aromatic N) is 2. The van der Waals surface area contributed by atoms with Gasteiger partial charge in [-0.05, 0) is 23.5 Å². The highest BCUT2D eigenvalue weighted by Gasteiger charge is 2.16. The fourth-order valence-electron chi connectivity index (χ4n) is 1.97. The van der Waals surface area contributed by atoms with Crippen LogP contribution in [-0.4, -0.2) is 16.7 Å². The topological polar surface area (TPSA) is 64.9 Å². The molecule has 2 N–H and O–H groups in total. The predicted octanol–water partition coefficient (Wildman–Crippen LogP) is 2.84. The van der Waals surface area contributed by atoms with Gasteiger partial charge in [0.15, 0.2) is 0 Å². The van der Waals surface area contributed by atoms with Crippen molar-refractivity contribution in [1.29, 1.82) is 0 Å². The van der Waals surface area contributed by atoms with E-state index in [0.717, 1.165) is 11.1 Å². The Balaban J connectivity index is 2.35. The molecule has 0 bridgehead atoms. The molecule has 2 aromatic rings. The Morgan fingerprint density at radius 2 is 2.00 bits per heavy atom. The third-order valence-corrected chi connectivity index (χ3v) is 3.16. The van der Waals surface area contributed by atoms with Crippen LogP contribution in [0.2, 0.25) is 0 Å². The van der Waals surface area contributed by atoms with Crippen molar-refractivity contribution in [2.75, 3.05) is 6.54 Å². The molecule has 102 valence electrons. The SMILES string of the molecule is Cc1cc(C(C)(C)C)ccc1-c1noc(CCN)n1. The number of rotatable bonds is 3.